The number of benzene rings is 1. The Balaban J connectivity index is 1.53. The molecule has 0 radical (unpaired) electrons. The van der Waals surface area contributed by atoms with Gasteiger partial charge < -0.3 is 15.0 Å². The lowest BCUT2D eigenvalue weighted by atomic mass is 9.48. The largest absolute Gasteiger partial charge is 0.496 e. The molecule has 1 aromatic rings. The van der Waals surface area contributed by atoms with Gasteiger partial charge in [-0.15, -0.1) is 0 Å². The first-order valence-electron chi connectivity index (χ1n) is 12.1. The second-order valence-corrected chi connectivity index (χ2v) is 11.9. The van der Waals surface area contributed by atoms with Crippen LogP contribution in [0.2, 0.25) is 0 Å². The van der Waals surface area contributed by atoms with E-state index < -0.39 is 0 Å². The smallest absolute Gasteiger partial charge is 0.163 e. The van der Waals surface area contributed by atoms with Gasteiger partial charge >= 0.3 is 0 Å². The van der Waals surface area contributed by atoms with Gasteiger partial charge in [0, 0.05) is 40.4 Å². The number of hydrogen-bond acceptors (Lipinski definition) is 4. The van der Waals surface area contributed by atoms with Crippen molar-refractivity contribution in [2.75, 3.05) is 21.2 Å². The lowest BCUT2D eigenvalue weighted by molar-refractivity contribution is -0.138. The van der Waals surface area contributed by atoms with Gasteiger partial charge in [-0.2, -0.15) is 0 Å². The van der Waals surface area contributed by atoms with Crippen LogP contribution in [0.4, 0.5) is 0 Å². The molecule has 4 heteroatoms. The Kier molecular flexibility index (Phi) is 5.00. The molecule has 0 saturated heterocycles. The lowest BCUT2D eigenvalue weighted by Crippen LogP contribution is -2.50. The van der Waals surface area contributed by atoms with Crippen LogP contribution in [-0.4, -0.2) is 37.4 Å². The number of nitrogens with one attached hydrogen (secondary N) is 1. The topological polar surface area (TPSA) is 41.6 Å². The van der Waals surface area contributed by atoms with Crippen LogP contribution >= 0.6 is 0 Å². The van der Waals surface area contributed by atoms with Gasteiger partial charge in [0.05, 0.1) is 7.11 Å². The summed E-state index contributed by atoms with van der Waals surface area (Å²) in [5, 5.41) is 3.72. The van der Waals surface area contributed by atoms with Gasteiger partial charge in [0.25, 0.3) is 0 Å². The molecule has 0 atom stereocenters. The minimum absolute atomic E-state index is 0.0886. The van der Waals surface area contributed by atoms with Crippen LogP contribution in [0.15, 0.2) is 18.2 Å². The quantitative estimate of drug-likeness (QED) is 0.692. The van der Waals surface area contributed by atoms with Crippen LogP contribution in [0.1, 0.15) is 69.1 Å². The molecule has 0 spiro atoms. The first-order valence-corrected chi connectivity index (χ1v) is 12.1. The molecule has 5 aliphatic rings. The fraction of sp³-hybridized carbons (Fsp3) is 0.667. The van der Waals surface area contributed by atoms with Crippen molar-refractivity contribution in [1.82, 2.24) is 10.2 Å². The molecule has 1 aliphatic heterocycles. The van der Waals surface area contributed by atoms with E-state index >= 15 is 0 Å². The molecule has 0 amide bonds. The normalized spacial score (nSPS) is 34.0. The molecule has 4 fully saturated rings. The molecule has 1 aromatic carbocycles. The highest BCUT2D eigenvalue weighted by Crippen LogP contribution is 2.60. The zero-order valence-electron chi connectivity index (χ0n) is 19.9. The summed E-state index contributed by atoms with van der Waals surface area (Å²) in [6.07, 6.45) is 10.4. The SMILES string of the molecule is COc1cc2c(cc1CN(C)C)/C(=C\C(=O)C13CC4CC(CC(C4)C1)C3)NC(C)(C)C2. The maximum Gasteiger partial charge on any atom is 0.163 e. The van der Waals surface area contributed by atoms with E-state index in [1.165, 1.54) is 36.0 Å². The highest BCUT2D eigenvalue weighted by molar-refractivity contribution is 6.01. The van der Waals surface area contributed by atoms with Gasteiger partial charge in [0.1, 0.15) is 5.75 Å². The molecule has 0 aromatic heterocycles. The number of ether oxygens (including phenoxy) is 1. The molecule has 168 valence electrons. The monoisotopic (exact) mass is 422 g/mol. The zero-order valence-corrected chi connectivity index (χ0v) is 19.9. The summed E-state index contributed by atoms with van der Waals surface area (Å²) in [5.41, 5.74) is 4.44. The van der Waals surface area contributed by atoms with Crippen molar-refractivity contribution in [3.63, 3.8) is 0 Å². The predicted molar refractivity (Wildman–Crippen MR) is 125 cm³/mol. The van der Waals surface area contributed by atoms with E-state index in [0.29, 0.717) is 5.78 Å². The average Bonchev–Trinajstić information content (AvgIpc) is 2.65. The number of rotatable bonds is 5. The van der Waals surface area contributed by atoms with Crippen molar-refractivity contribution < 1.29 is 9.53 Å². The van der Waals surface area contributed by atoms with Crippen LogP contribution in [-0.2, 0) is 17.8 Å². The van der Waals surface area contributed by atoms with Crippen molar-refractivity contribution in [3.05, 3.63) is 34.9 Å². The number of fused-ring (bicyclic) bond motifs is 1. The van der Waals surface area contributed by atoms with E-state index in [1.54, 1.807) is 7.11 Å². The first-order chi connectivity index (χ1) is 14.7. The minimum atomic E-state index is -0.0931. The Bertz CT molecular complexity index is 892. The number of carbonyl (C=O) groups excluding carboxylic acids is 1. The molecule has 0 unspecified atom stereocenters. The second kappa shape index (κ2) is 7.37. The Morgan fingerprint density at radius 2 is 1.74 bits per heavy atom. The van der Waals surface area contributed by atoms with Crippen LogP contribution in [0.5, 0.6) is 5.75 Å². The molecule has 4 saturated carbocycles. The molecule has 1 heterocycles. The minimum Gasteiger partial charge on any atom is -0.496 e. The maximum absolute atomic E-state index is 13.8. The summed E-state index contributed by atoms with van der Waals surface area (Å²) in [4.78, 5) is 16.0. The van der Waals surface area contributed by atoms with E-state index in [9.17, 15) is 4.79 Å². The third kappa shape index (κ3) is 3.82. The fourth-order valence-electron chi connectivity index (χ4n) is 7.48. The summed E-state index contributed by atoms with van der Waals surface area (Å²) in [6, 6.07) is 4.44. The summed E-state index contributed by atoms with van der Waals surface area (Å²) >= 11 is 0. The van der Waals surface area contributed by atoms with E-state index in [-0.39, 0.29) is 11.0 Å². The molecule has 4 aliphatic carbocycles. The number of nitrogens with zero attached hydrogens (tertiary/aromatic N) is 1. The molecule has 4 bridgehead atoms. The van der Waals surface area contributed by atoms with E-state index in [0.717, 1.165) is 61.4 Å². The van der Waals surface area contributed by atoms with Crippen LogP contribution in [0, 0.1) is 23.2 Å². The van der Waals surface area contributed by atoms with Gasteiger partial charge in [0.2, 0.25) is 0 Å². The third-order valence-electron chi connectivity index (χ3n) is 8.22. The Morgan fingerprint density at radius 3 is 2.29 bits per heavy atom. The molecule has 6 rings (SSSR count). The number of allylic oxidation sites excluding steroid dienone is 1. The van der Waals surface area contributed by atoms with E-state index in [2.05, 4.69) is 50.3 Å². The molecule has 1 N–H and O–H groups in total. The highest BCUT2D eigenvalue weighted by atomic mass is 16.5. The summed E-state index contributed by atoms with van der Waals surface area (Å²) in [6.45, 7) is 5.26. The zero-order chi connectivity index (χ0) is 22.0. The Hall–Kier alpha value is -1.81. The second-order valence-electron chi connectivity index (χ2n) is 11.9. The van der Waals surface area contributed by atoms with Gasteiger partial charge in [0.15, 0.2) is 5.78 Å². The Morgan fingerprint density at radius 1 is 1.13 bits per heavy atom. The van der Waals surface area contributed by atoms with Crippen molar-refractivity contribution in [3.8, 4) is 5.75 Å². The summed E-state index contributed by atoms with van der Waals surface area (Å²) in [5.74, 6) is 3.67. The van der Waals surface area contributed by atoms with Gasteiger partial charge in [-0.25, -0.2) is 0 Å². The van der Waals surface area contributed by atoms with Crippen molar-refractivity contribution in [1.29, 1.82) is 0 Å². The van der Waals surface area contributed by atoms with Crippen LogP contribution in [0.25, 0.3) is 5.70 Å². The highest BCUT2D eigenvalue weighted by Gasteiger charge is 2.54. The van der Waals surface area contributed by atoms with Gasteiger partial charge in [-0.3, -0.25) is 4.79 Å². The first kappa shape index (κ1) is 21.1. The van der Waals surface area contributed by atoms with Crippen molar-refractivity contribution >= 4 is 11.5 Å². The maximum atomic E-state index is 13.8. The van der Waals surface area contributed by atoms with Crippen molar-refractivity contribution in [2.24, 2.45) is 23.2 Å². The molecular formula is C27H38N2O2. The summed E-state index contributed by atoms with van der Waals surface area (Å²) in [7, 11) is 5.90. The predicted octanol–water partition coefficient (Wildman–Crippen LogP) is 4.81. The van der Waals surface area contributed by atoms with Crippen molar-refractivity contribution in [2.45, 2.75) is 70.9 Å². The van der Waals surface area contributed by atoms with Gasteiger partial charge in [-0.05, 0) is 108 Å². The lowest BCUT2D eigenvalue weighted by Gasteiger charge is -2.55. The average molecular weight is 423 g/mol. The fourth-order valence-corrected chi connectivity index (χ4v) is 7.48. The number of ketones is 1. The van der Waals surface area contributed by atoms with Gasteiger partial charge in [-0.1, -0.05) is 0 Å². The number of methoxy groups -OCH3 is 1. The van der Waals surface area contributed by atoms with Crippen LogP contribution < -0.4 is 10.1 Å². The standard InChI is InChI=1S/C27H38N2O2/c1-26(2)15-20-10-24(31-5)21(16-29(3)4)9-22(20)23(28-26)11-25(30)27-12-17-6-18(13-27)8-19(7-17)14-27/h9-11,17-19,28H,6-8,12-16H2,1-5H3/b23-11+. The van der Waals surface area contributed by atoms with E-state index in [4.69, 9.17) is 4.74 Å². The molecule has 31 heavy (non-hydrogen) atoms. The Labute approximate surface area is 187 Å². The third-order valence-corrected chi connectivity index (χ3v) is 8.22. The van der Waals surface area contributed by atoms with E-state index in [1.807, 2.05) is 6.08 Å². The van der Waals surface area contributed by atoms with Crippen LogP contribution in [0.3, 0.4) is 0 Å². The number of hydrogen-bond donors (Lipinski definition) is 1. The summed E-state index contributed by atoms with van der Waals surface area (Å²) < 4.78 is 5.73. The molecule has 4 nitrogen and oxygen atoms in total. The number of carbonyl (C=O) groups is 1. The molecular weight excluding hydrogens is 384 g/mol.